The van der Waals surface area contributed by atoms with Gasteiger partial charge in [-0.2, -0.15) is 0 Å². The summed E-state index contributed by atoms with van der Waals surface area (Å²) in [6, 6.07) is 0. The zero-order valence-corrected chi connectivity index (χ0v) is 37.0. The molecular formula is C48H84N4O8. The quantitative estimate of drug-likeness (QED) is 0.0930. The molecule has 12 heteroatoms. The van der Waals surface area contributed by atoms with Crippen LogP contribution in [0.15, 0.2) is 0 Å². The molecule has 8 aliphatic rings. The van der Waals surface area contributed by atoms with Crippen molar-refractivity contribution in [2.45, 2.75) is 180 Å². The van der Waals surface area contributed by atoms with E-state index in [2.05, 4.69) is 0 Å². The van der Waals surface area contributed by atoms with E-state index < -0.39 is 23.9 Å². The minimum atomic E-state index is -0.678. The van der Waals surface area contributed by atoms with Gasteiger partial charge in [0.2, 0.25) is 0 Å². The summed E-state index contributed by atoms with van der Waals surface area (Å²) in [5, 5.41) is 35.8. The van der Waals surface area contributed by atoms with Crippen LogP contribution in [0.2, 0.25) is 0 Å². The molecule has 12 nitrogen and oxygen atoms in total. The zero-order chi connectivity index (χ0) is 43.6. The van der Waals surface area contributed by atoms with Crippen molar-refractivity contribution in [3.63, 3.8) is 0 Å². The van der Waals surface area contributed by atoms with Gasteiger partial charge in [-0.05, 0) is 147 Å². The van der Waals surface area contributed by atoms with Gasteiger partial charge in [-0.25, -0.2) is 0 Å². The van der Waals surface area contributed by atoms with Crippen LogP contribution in [-0.2, 0) is 19.2 Å². The Labute approximate surface area is 360 Å². The SMILES string of the molecule is NC[C@@]1(CC(=O)O)C[C@@H]2CCCCC[C@@H]21.NC[C@@]1(CC(=O)O)C[C@H]2CCCCC[C@H]21.NC[C@]1(CC(=O)O)C[C@@H]2CCCCC[C@@H]21.NC[C@]1(CC(=O)O)C[C@H]2CCCCC[C@H]21. The van der Waals surface area contributed by atoms with Crippen molar-refractivity contribution in [1.29, 1.82) is 0 Å². The first-order valence-corrected chi connectivity index (χ1v) is 24.4. The second-order valence-corrected chi connectivity index (χ2v) is 21.4. The molecule has 0 heterocycles. The van der Waals surface area contributed by atoms with Crippen LogP contribution in [0.25, 0.3) is 0 Å². The smallest absolute Gasteiger partial charge is 0.303 e. The summed E-state index contributed by atoms with van der Waals surface area (Å²) >= 11 is 0. The van der Waals surface area contributed by atoms with Crippen LogP contribution in [-0.4, -0.2) is 70.5 Å². The van der Waals surface area contributed by atoms with Crippen LogP contribution >= 0.6 is 0 Å². The Bertz CT molecular complexity index is 1220. The average Bonchev–Trinajstić information content (AvgIpc) is 3.69. The number of hydrogen-bond acceptors (Lipinski definition) is 8. The molecule has 0 radical (unpaired) electrons. The van der Waals surface area contributed by atoms with E-state index >= 15 is 0 Å². The number of hydrogen-bond donors (Lipinski definition) is 8. The highest BCUT2D eigenvalue weighted by Crippen LogP contribution is 2.61. The molecule has 0 spiro atoms. The molecule has 0 amide bonds. The van der Waals surface area contributed by atoms with Gasteiger partial charge in [0.15, 0.2) is 0 Å². The predicted octanol–water partition coefficient (Wildman–Crippen LogP) is 8.03. The first-order valence-electron chi connectivity index (χ1n) is 24.4. The summed E-state index contributed by atoms with van der Waals surface area (Å²) in [5.74, 6) is 2.78. The highest BCUT2D eigenvalue weighted by Gasteiger charge is 2.56. The van der Waals surface area contributed by atoms with Crippen molar-refractivity contribution >= 4 is 23.9 Å². The molecule has 8 aliphatic carbocycles. The lowest BCUT2D eigenvalue weighted by atomic mass is 9.51. The summed E-state index contributed by atoms with van der Waals surface area (Å²) in [6.07, 6.45) is 31.0. The Morgan fingerprint density at radius 2 is 0.517 bits per heavy atom. The van der Waals surface area contributed by atoms with Gasteiger partial charge in [0, 0.05) is 0 Å². The van der Waals surface area contributed by atoms with Gasteiger partial charge in [-0.3, -0.25) is 19.2 Å². The molecule has 0 saturated heterocycles. The van der Waals surface area contributed by atoms with Gasteiger partial charge < -0.3 is 43.4 Å². The van der Waals surface area contributed by atoms with Gasteiger partial charge in [0.1, 0.15) is 0 Å². The second kappa shape index (κ2) is 21.9. The van der Waals surface area contributed by atoms with Gasteiger partial charge in [0.05, 0.1) is 25.7 Å². The molecule has 8 fully saturated rings. The summed E-state index contributed by atoms with van der Waals surface area (Å²) in [4.78, 5) is 43.5. The normalized spacial score (nSPS) is 40.1. The van der Waals surface area contributed by atoms with Gasteiger partial charge in [-0.15, -0.1) is 0 Å². The largest absolute Gasteiger partial charge is 0.481 e. The Kier molecular flexibility index (Phi) is 17.8. The number of nitrogens with two attached hydrogens (primary N) is 4. The van der Waals surface area contributed by atoms with Crippen molar-refractivity contribution in [3.05, 3.63) is 0 Å². The predicted molar refractivity (Wildman–Crippen MR) is 234 cm³/mol. The Morgan fingerprint density at radius 1 is 0.333 bits per heavy atom. The van der Waals surface area contributed by atoms with E-state index in [1.165, 1.54) is 128 Å². The molecule has 0 bridgehead atoms. The molecular weight excluding hydrogens is 761 g/mol. The molecule has 60 heavy (non-hydrogen) atoms. The van der Waals surface area contributed by atoms with E-state index in [-0.39, 0.29) is 47.3 Å². The Balaban J connectivity index is 0.000000152. The molecule has 0 aromatic heterocycles. The van der Waals surface area contributed by atoms with E-state index in [1.807, 2.05) is 0 Å². The lowest BCUT2D eigenvalue weighted by Gasteiger charge is -2.54. The molecule has 0 aliphatic heterocycles. The summed E-state index contributed by atoms with van der Waals surface area (Å²) in [6.45, 7) is 2.22. The molecule has 8 rings (SSSR count). The minimum Gasteiger partial charge on any atom is -0.481 e. The number of carbonyl (C=O) groups is 4. The van der Waals surface area contributed by atoms with E-state index in [0.717, 1.165) is 49.4 Å². The van der Waals surface area contributed by atoms with Crippen LogP contribution in [0.5, 0.6) is 0 Å². The summed E-state index contributed by atoms with van der Waals surface area (Å²) in [7, 11) is 0. The molecule has 12 atom stereocenters. The minimum absolute atomic E-state index is 0.0547. The molecule has 0 aromatic carbocycles. The van der Waals surface area contributed by atoms with Gasteiger partial charge in [-0.1, -0.05) is 103 Å². The van der Waals surface area contributed by atoms with E-state index in [0.29, 0.717) is 49.9 Å². The second-order valence-electron chi connectivity index (χ2n) is 21.4. The lowest BCUT2D eigenvalue weighted by Crippen LogP contribution is -2.53. The van der Waals surface area contributed by atoms with Crippen molar-refractivity contribution in [2.24, 2.45) is 91.9 Å². The molecule has 8 saturated carbocycles. The van der Waals surface area contributed by atoms with E-state index in [1.54, 1.807) is 0 Å². The van der Waals surface area contributed by atoms with Crippen LogP contribution in [0.4, 0.5) is 0 Å². The summed E-state index contributed by atoms with van der Waals surface area (Å²) < 4.78 is 0. The number of carboxylic acids is 4. The van der Waals surface area contributed by atoms with Crippen molar-refractivity contribution in [2.75, 3.05) is 26.2 Å². The fourth-order valence-electron chi connectivity index (χ4n) is 15.0. The maximum Gasteiger partial charge on any atom is 0.303 e. The van der Waals surface area contributed by atoms with Crippen LogP contribution in [0, 0.1) is 69.0 Å². The highest BCUT2D eigenvalue weighted by molar-refractivity contribution is 5.69. The first-order chi connectivity index (χ1) is 28.7. The number of fused-ring (bicyclic) bond motifs is 4. The Morgan fingerprint density at radius 3 is 0.683 bits per heavy atom. The number of carboxylic acid groups (broad SMARTS) is 4. The highest BCUT2D eigenvalue weighted by atomic mass is 16.4. The standard InChI is InChI=1S/4C12H21NO2/c4*13-8-12(7-11(14)15)6-9-4-2-1-3-5-10(9)12/h4*9-10H,1-8,13H2,(H,14,15)/t2*9-,10-,12+;2*9-,10-,12-/m1010/s1. The third-order valence-corrected chi connectivity index (χ3v) is 18.1. The van der Waals surface area contributed by atoms with Gasteiger partial charge >= 0.3 is 23.9 Å². The molecule has 0 aromatic rings. The van der Waals surface area contributed by atoms with Crippen LogP contribution < -0.4 is 22.9 Å². The fourth-order valence-corrected chi connectivity index (χ4v) is 15.0. The molecule has 12 N–H and O–H groups in total. The summed E-state index contributed by atoms with van der Waals surface area (Å²) in [5.41, 5.74) is 23.0. The number of rotatable bonds is 12. The third kappa shape index (κ3) is 11.3. The van der Waals surface area contributed by atoms with E-state index in [4.69, 9.17) is 43.4 Å². The zero-order valence-electron chi connectivity index (χ0n) is 37.0. The van der Waals surface area contributed by atoms with Crippen molar-refractivity contribution in [1.82, 2.24) is 0 Å². The maximum absolute atomic E-state index is 10.9. The average molecular weight is 845 g/mol. The monoisotopic (exact) mass is 845 g/mol. The lowest BCUT2D eigenvalue weighted by molar-refractivity contribution is -0.148. The van der Waals surface area contributed by atoms with Gasteiger partial charge in [0.25, 0.3) is 0 Å². The third-order valence-electron chi connectivity index (χ3n) is 18.1. The van der Waals surface area contributed by atoms with Crippen LogP contribution in [0.1, 0.15) is 180 Å². The molecule has 344 valence electrons. The first kappa shape index (κ1) is 48.7. The molecule has 0 unspecified atom stereocenters. The number of aliphatic carboxylic acids is 4. The van der Waals surface area contributed by atoms with Crippen LogP contribution in [0.3, 0.4) is 0 Å². The Hall–Kier alpha value is -2.28. The van der Waals surface area contributed by atoms with Crippen molar-refractivity contribution < 1.29 is 39.6 Å². The topological polar surface area (TPSA) is 253 Å². The maximum atomic E-state index is 10.9. The van der Waals surface area contributed by atoms with E-state index in [9.17, 15) is 19.2 Å². The van der Waals surface area contributed by atoms with Crippen molar-refractivity contribution in [3.8, 4) is 0 Å². The fraction of sp³-hybridized carbons (Fsp3) is 0.917.